The number of hydrogen-bond acceptors (Lipinski definition) is 8. The maximum absolute atomic E-state index is 12.4. The van der Waals surface area contributed by atoms with Crippen molar-refractivity contribution in [2.75, 3.05) is 18.5 Å². The molecule has 228 valence electrons. The molecule has 0 radical (unpaired) electrons. The van der Waals surface area contributed by atoms with Crippen LogP contribution in [0.2, 0.25) is 5.02 Å². The van der Waals surface area contributed by atoms with Gasteiger partial charge < -0.3 is 19.9 Å². The molecule has 0 saturated heterocycles. The number of aromatic nitrogens is 3. The maximum atomic E-state index is 12.4. The summed E-state index contributed by atoms with van der Waals surface area (Å²) in [5, 5.41) is 8.47. The zero-order valence-electron chi connectivity index (χ0n) is 24.1. The number of nitrogens with zero attached hydrogens (tertiary/aromatic N) is 3. The minimum absolute atomic E-state index is 0.00647. The van der Waals surface area contributed by atoms with Gasteiger partial charge in [0, 0.05) is 30.4 Å². The highest BCUT2D eigenvalue weighted by Crippen LogP contribution is 2.36. The second kappa shape index (κ2) is 12.9. The molecule has 0 saturated carbocycles. The molecule has 0 atom stereocenters. The summed E-state index contributed by atoms with van der Waals surface area (Å²) in [6, 6.07) is 27.3. The Kier molecular flexibility index (Phi) is 8.65. The Morgan fingerprint density at radius 2 is 1.73 bits per heavy atom. The highest BCUT2D eigenvalue weighted by atomic mass is 35.5. The number of aryl methyl sites for hydroxylation is 1. The minimum atomic E-state index is -4.04. The zero-order chi connectivity index (χ0) is 31.4. The van der Waals surface area contributed by atoms with E-state index in [4.69, 9.17) is 20.5 Å². The van der Waals surface area contributed by atoms with Gasteiger partial charge >= 0.3 is 0 Å². The van der Waals surface area contributed by atoms with E-state index in [1.165, 1.54) is 18.5 Å². The van der Waals surface area contributed by atoms with E-state index < -0.39 is 22.6 Å². The first-order valence-electron chi connectivity index (χ1n) is 14.0. The van der Waals surface area contributed by atoms with E-state index in [-0.39, 0.29) is 11.4 Å². The fourth-order valence-corrected chi connectivity index (χ4v) is 5.87. The summed E-state index contributed by atoms with van der Waals surface area (Å²) in [5.41, 5.74) is 3.03. The summed E-state index contributed by atoms with van der Waals surface area (Å²) in [5.74, 6) is 1.21. The van der Waals surface area contributed by atoms with Crippen LogP contribution in [0.4, 0.5) is 11.5 Å². The van der Waals surface area contributed by atoms with Crippen LogP contribution in [0.15, 0.2) is 108 Å². The van der Waals surface area contributed by atoms with Crippen molar-refractivity contribution in [2.45, 2.75) is 18.4 Å². The smallest absolute Gasteiger partial charge is 0.297 e. The molecule has 2 N–H and O–H groups in total. The minimum Gasteiger partial charge on any atom is -0.455 e. The molecule has 4 aromatic carbocycles. The van der Waals surface area contributed by atoms with Crippen molar-refractivity contribution in [3.8, 4) is 11.5 Å². The third kappa shape index (κ3) is 6.91. The Labute approximate surface area is 264 Å². The molecule has 10 nitrogen and oxygen atoms in total. The molecular formula is C33H28ClN5O5S. The average Bonchev–Trinajstić information content (AvgIpc) is 3.46. The topological polar surface area (TPSA) is 124 Å². The molecule has 0 aliphatic carbocycles. The molecule has 2 heterocycles. The number of amides is 1. The van der Waals surface area contributed by atoms with Gasteiger partial charge in [0.15, 0.2) is 5.82 Å². The zero-order valence-corrected chi connectivity index (χ0v) is 25.7. The van der Waals surface area contributed by atoms with Crippen molar-refractivity contribution in [3.05, 3.63) is 114 Å². The molecule has 0 unspecified atom stereocenters. The normalized spacial score (nSPS) is 11.5. The lowest BCUT2D eigenvalue weighted by atomic mass is 10.1. The SMILES string of the molecule is Cc1ccc(S(=O)(=O)OCC(=O)NCCn2ccc3ncnc(Nc4ccc(Oc5cccc6ccccc56)c(Cl)c4)c32)cc1. The Morgan fingerprint density at radius 3 is 2.56 bits per heavy atom. The lowest BCUT2D eigenvalue weighted by molar-refractivity contribution is -0.123. The molecule has 0 aliphatic heterocycles. The summed E-state index contributed by atoms with van der Waals surface area (Å²) >= 11 is 6.63. The molecule has 0 aliphatic rings. The van der Waals surface area contributed by atoms with Crippen LogP contribution in [0.3, 0.4) is 0 Å². The highest BCUT2D eigenvalue weighted by molar-refractivity contribution is 7.86. The molecule has 0 spiro atoms. The van der Waals surface area contributed by atoms with Crippen LogP contribution in [-0.4, -0.2) is 42.0 Å². The van der Waals surface area contributed by atoms with Crippen LogP contribution in [0, 0.1) is 6.92 Å². The maximum Gasteiger partial charge on any atom is 0.297 e. The van der Waals surface area contributed by atoms with E-state index in [0.29, 0.717) is 40.1 Å². The lowest BCUT2D eigenvalue weighted by Crippen LogP contribution is -2.31. The van der Waals surface area contributed by atoms with Gasteiger partial charge in [0.05, 0.1) is 15.4 Å². The largest absolute Gasteiger partial charge is 0.455 e. The molecule has 6 rings (SSSR count). The quantitative estimate of drug-likeness (QED) is 0.152. The average molecular weight is 642 g/mol. The van der Waals surface area contributed by atoms with E-state index in [0.717, 1.165) is 21.9 Å². The summed E-state index contributed by atoms with van der Waals surface area (Å²) < 4.78 is 37.7. The Bertz CT molecular complexity index is 2110. The monoisotopic (exact) mass is 641 g/mol. The van der Waals surface area contributed by atoms with Crippen molar-refractivity contribution in [3.63, 3.8) is 0 Å². The first kappa shape index (κ1) is 30.1. The van der Waals surface area contributed by atoms with E-state index in [9.17, 15) is 13.2 Å². The van der Waals surface area contributed by atoms with Crippen LogP contribution in [0.5, 0.6) is 11.5 Å². The van der Waals surface area contributed by atoms with Crippen molar-refractivity contribution in [2.24, 2.45) is 0 Å². The second-order valence-corrected chi connectivity index (χ2v) is 12.2. The Balaban J connectivity index is 1.10. The number of anilines is 2. The number of ether oxygens (including phenoxy) is 1. The van der Waals surface area contributed by atoms with E-state index in [2.05, 4.69) is 20.6 Å². The number of benzene rings is 4. The van der Waals surface area contributed by atoms with E-state index >= 15 is 0 Å². The van der Waals surface area contributed by atoms with Gasteiger partial charge in [-0.3, -0.25) is 8.98 Å². The number of carbonyl (C=O) groups excluding carboxylic acids is 1. The summed E-state index contributed by atoms with van der Waals surface area (Å²) in [7, 11) is -4.04. The number of fused-ring (bicyclic) bond motifs is 2. The van der Waals surface area contributed by atoms with Crippen LogP contribution in [0.1, 0.15) is 5.56 Å². The van der Waals surface area contributed by atoms with Gasteiger partial charge in [-0.25, -0.2) is 9.97 Å². The summed E-state index contributed by atoms with van der Waals surface area (Å²) in [4.78, 5) is 21.1. The lowest BCUT2D eigenvalue weighted by Gasteiger charge is -2.13. The highest BCUT2D eigenvalue weighted by Gasteiger charge is 2.17. The van der Waals surface area contributed by atoms with Gasteiger partial charge in [0.25, 0.3) is 10.1 Å². The molecular weight excluding hydrogens is 614 g/mol. The van der Waals surface area contributed by atoms with Crippen LogP contribution in [0.25, 0.3) is 21.8 Å². The molecule has 45 heavy (non-hydrogen) atoms. The summed E-state index contributed by atoms with van der Waals surface area (Å²) in [6.45, 7) is 1.82. The van der Waals surface area contributed by atoms with Gasteiger partial charge in [-0.1, -0.05) is 65.7 Å². The fourth-order valence-electron chi connectivity index (χ4n) is 4.78. The van der Waals surface area contributed by atoms with E-state index in [1.807, 2.05) is 72.3 Å². The van der Waals surface area contributed by atoms with Crippen LogP contribution >= 0.6 is 11.6 Å². The number of rotatable bonds is 11. The van der Waals surface area contributed by atoms with Crippen molar-refractivity contribution in [1.29, 1.82) is 0 Å². The molecule has 12 heteroatoms. The van der Waals surface area contributed by atoms with Crippen molar-refractivity contribution in [1.82, 2.24) is 19.9 Å². The van der Waals surface area contributed by atoms with Crippen LogP contribution < -0.4 is 15.4 Å². The molecule has 0 bridgehead atoms. The third-order valence-corrected chi connectivity index (χ3v) is 8.62. The number of nitrogens with one attached hydrogen (secondary N) is 2. The van der Waals surface area contributed by atoms with Crippen molar-refractivity contribution >= 4 is 60.9 Å². The fraction of sp³-hybridized carbons (Fsp3) is 0.121. The molecule has 1 amide bonds. The van der Waals surface area contributed by atoms with Gasteiger partial charge in [-0.15, -0.1) is 0 Å². The first-order chi connectivity index (χ1) is 21.8. The Morgan fingerprint density at radius 1 is 0.933 bits per heavy atom. The number of halogens is 1. The predicted octanol–water partition coefficient (Wildman–Crippen LogP) is 6.60. The first-order valence-corrected chi connectivity index (χ1v) is 15.8. The van der Waals surface area contributed by atoms with E-state index in [1.54, 1.807) is 24.3 Å². The van der Waals surface area contributed by atoms with Crippen molar-refractivity contribution < 1.29 is 22.1 Å². The molecule has 0 fully saturated rings. The van der Waals surface area contributed by atoms with Crippen LogP contribution in [-0.2, 0) is 25.6 Å². The standard InChI is InChI=1S/C33H28ClN5O5S/c1-22-9-12-25(13-10-22)45(41,42)43-20-31(40)35-16-18-39-17-15-28-32(39)33(37-21-36-28)38-24-11-14-30(27(34)19-24)44-29-8-4-6-23-5-2-3-7-26(23)29/h2-15,17,19,21H,16,18,20H2,1H3,(H,35,40)(H,36,37,38). The summed E-state index contributed by atoms with van der Waals surface area (Å²) in [6.07, 6.45) is 3.30. The van der Waals surface area contributed by atoms with Gasteiger partial charge in [0.1, 0.15) is 29.9 Å². The van der Waals surface area contributed by atoms with Gasteiger partial charge in [0.2, 0.25) is 5.91 Å². The predicted molar refractivity (Wildman–Crippen MR) is 174 cm³/mol. The third-order valence-electron chi connectivity index (χ3n) is 7.04. The molecule has 2 aromatic heterocycles. The number of hydrogen-bond donors (Lipinski definition) is 2. The van der Waals surface area contributed by atoms with Gasteiger partial charge in [-0.2, -0.15) is 8.42 Å². The van der Waals surface area contributed by atoms with Gasteiger partial charge in [-0.05, 0) is 54.8 Å². The number of carbonyl (C=O) groups is 1. The second-order valence-electron chi connectivity index (χ2n) is 10.2. The molecule has 6 aromatic rings. The Hall–Kier alpha value is -4.97.